The quantitative estimate of drug-likeness (QED) is 0.590. The molecule has 0 rings (SSSR count). The Kier molecular flexibility index (Phi) is 6.51. The first kappa shape index (κ1) is 12.4. The van der Waals surface area contributed by atoms with E-state index >= 15 is 0 Å². The van der Waals surface area contributed by atoms with Crippen molar-refractivity contribution in [2.45, 2.75) is 19.4 Å². The summed E-state index contributed by atoms with van der Waals surface area (Å²) in [5.41, 5.74) is -0.591. The lowest BCUT2D eigenvalue weighted by Crippen LogP contribution is -2.43. The molecule has 0 heterocycles. The highest BCUT2D eigenvalue weighted by Crippen LogP contribution is 2.00. The molecule has 13 heavy (non-hydrogen) atoms. The third-order valence-electron chi connectivity index (χ3n) is 1.77. The molecular weight excluding hydrogens is 168 g/mol. The van der Waals surface area contributed by atoms with E-state index in [1.54, 1.807) is 14.0 Å². The van der Waals surface area contributed by atoms with Crippen molar-refractivity contribution >= 4 is 0 Å². The van der Waals surface area contributed by atoms with Gasteiger partial charge in [0, 0.05) is 6.61 Å². The molecule has 0 bridgehead atoms. The number of hydrogen-bond donors (Lipinski definition) is 1. The predicted molar refractivity (Wildman–Crippen MR) is 50.4 cm³/mol. The Morgan fingerprint density at radius 2 is 2.00 bits per heavy atom. The Morgan fingerprint density at radius 3 is 2.46 bits per heavy atom. The van der Waals surface area contributed by atoms with Gasteiger partial charge in [0.25, 0.3) is 0 Å². The first-order chi connectivity index (χ1) is 6.18. The van der Waals surface area contributed by atoms with E-state index in [9.17, 15) is 0 Å². The summed E-state index contributed by atoms with van der Waals surface area (Å²) < 4.78 is 10.4. The van der Waals surface area contributed by atoms with E-state index in [0.29, 0.717) is 26.4 Å². The van der Waals surface area contributed by atoms with Gasteiger partial charge in [0.1, 0.15) is 5.54 Å². The Hall–Kier alpha value is -0.630. The second-order valence-electron chi connectivity index (χ2n) is 2.94. The smallest absolute Gasteiger partial charge is 0.127 e. The van der Waals surface area contributed by atoms with Crippen LogP contribution in [0.3, 0.4) is 0 Å². The average molecular weight is 186 g/mol. The Morgan fingerprint density at radius 1 is 1.38 bits per heavy atom. The van der Waals surface area contributed by atoms with Gasteiger partial charge in [-0.2, -0.15) is 5.26 Å². The number of hydrogen-bond acceptors (Lipinski definition) is 4. The van der Waals surface area contributed by atoms with Crippen molar-refractivity contribution in [1.82, 2.24) is 5.32 Å². The molecule has 76 valence electrons. The van der Waals surface area contributed by atoms with E-state index in [-0.39, 0.29) is 0 Å². The zero-order valence-electron chi connectivity index (χ0n) is 8.59. The summed E-state index contributed by atoms with van der Waals surface area (Å²) in [6.45, 7) is 5.94. The molecule has 0 aliphatic heterocycles. The number of likely N-dealkylation sites (N-methyl/N-ethyl adjacent to an activating group) is 1. The third-order valence-corrected chi connectivity index (χ3v) is 1.77. The lowest BCUT2D eigenvalue weighted by atomic mass is 10.1. The summed E-state index contributed by atoms with van der Waals surface area (Å²) in [4.78, 5) is 0. The minimum atomic E-state index is -0.591. The van der Waals surface area contributed by atoms with Gasteiger partial charge in [-0.3, -0.25) is 0 Å². The maximum absolute atomic E-state index is 8.76. The number of nitrogens with zero attached hydrogens (tertiary/aromatic N) is 1. The zero-order valence-corrected chi connectivity index (χ0v) is 8.59. The van der Waals surface area contributed by atoms with Crippen molar-refractivity contribution in [2.75, 3.05) is 33.5 Å². The number of rotatable bonds is 7. The first-order valence-electron chi connectivity index (χ1n) is 4.44. The van der Waals surface area contributed by atoms with Crippen LogP contribution >= 0.6 is 0 Å². The maximum atomic E-state index is 8.76. The van der Waals surface area contributed by atoms with Crippen molar-refractivity contribution in [3.8, 4) is 6.07 Å². The summed E-state index contributed by atoms with van der Waals surface area (Å²) in [6.07, 6.45) is 0. The van der Waals surface area contributed by atoms with Crippen LogP contribution in [-0.2, 0) is 9.47 Å². The van der Waals surface area contributed by atoms with Crippen LogP contribution in [0.15, 0.2) is 0 Å². The molecule has 0 saturated carbocycles. The molecule has 0 aromatic rings. The van der Waals surface area contributed by atoms with Crippen LogP contribution in [0.4, 0.5) is 0 Å². The van der Waals surface area contributed by atoms with Gasteiger partial charge >= 0.3 is 0 Å². The normalized spacial score (nSPS) is 14.9. The van der Waals surface area contributed by atoms with Gasteiger partial charge in [-0.05, 0) is 20.9 Å². The van der Waals surface area contributed by atoms with Crippen LogP contribution in [0.5, 0.6) is 0 Å². The number of nitrogens with one attached hydrogen (secondary N) is 1. The molecule has 1 N–H and O–H groups in total. The monoisotopic (exact) mass is 186 g/mol. The Labute approximate surface area is 79.8 Å². The molecule has 0 aliphatic carbocycles. The van der Waals surface area contributed by atoms with E-state index in [0.717, 1.165) is 0 Å². The van der Waals surface area contributed by atoms with Crippen LogP contribution in [0.2, 0.25) is 0 Å². The van der Waals surface area contributed by atoms with Crippen molar-refractivity contribution in [2.24, 2.45) is 0 Å². The van der Waals surface area contributed by atoms with Crippen LogP contribution < -0.4 is 5.32 Å². The lowest BCUT2D eigenvalue weighted by Gasteiger charge is -2.20. The van der Waals surface area contributed by atoms with Gasteiger partial charge in [-0.1, -0.05) is 0 Å². The van der Waals surface area contributed by atoms with Gasteiger partial charge in [0.15, 0.2) is 0 Å². The zero-order chi connectivity index (χ0) is 10.2. The number of ether oxygens (including phenoxy) is 2. The largest absolute Gasteiger partial charge is 0.379 e. The second kappa shape index (κ2) is 6.84. The minimum absolute atomic E-state index is 0.382. The average Bonchev–Trinajstić information content (AvgIpc) is 2.17. The topological polar surface area (TPSA) is 54.3 Å². The SMILES string of the molecule is CCOCCOCC(C)(C#N)NC. The van der Waals surface area contributed by atoms with Gasteiger partial charge in [-0.15, -0.1) is 0 Å². The molecule has 1 unspecified atom stereocenters. The fraction of sp³-hybridized carbons (Fsp3) is 0.889. The lowest BCUT2D eigenvalue weighted by molar-refractivity contribution is 0.0372. The summed E-state index contributed by atoms with van der Waals surface area (Å²) >= 11 is 0. The molecule has 0 amide bonds. The molecular formula is C9H18N2O2. The highest BCUT2D eigenvalue weighted by atomic mass is 16.5. The fourth-order valence-electron chi connectivity index (χ4n) is 0.699. The Balaban J connectivity index is 3.46. The van der Waals surface area contributed by atoms with E-state index in [1.807, 2.05) is 6.92 Å². The third kappa shape index (κ3) is 5.58. The van der Waals surface area contributed by atoms with E-state index in [2.05, 4.69) is 11.4 Å². The molecule has 0 fully saturated rings. The molecule has 4 heteroatoms. The fourth-order valence-corrected chi connectivity index (χ4v) is 0.699. The van der Waals surface area contributed by atoms with Crippen molar-refractivity contribution < 1.29 is 9.47 Å². The molecule has 1 atom stereocenters. The van der Waals surface area contributed by atoms with Crippen molar-refractivity contribution in [3.63, 3.8) is 0 Å². The predicted octanol–water partition coefficient (Wildman–Crippen LogP) is 0.541. The summed E-state index contributed by atoms with van der Waals surface area (Å²) in [5.74, 6) is 0. The highest BCUT2D eigenvalue weighted by molar-refractivity contribution is 5.02. The van der Waals surface area contributed by atoms with Crippen LogP contribution in [0.25, 0.3) is 0 Å². The standard InChI is InChI=1S/C9H18N2O2/c1-4-12-5-6-13-8-9(2,7-10)11-3/h11H,4-6,8H2,1-3H3. The molecule has 0 aliphatic rings. The van der Waals surface area contributed by atoms with Gasteiger partial charge in [-0.25, -0.2) is 0 Å². The van der Waals surface area contributed by atoms with E-state index in [1.165, 1.54) is 0 Å². The van der Waals surface area contributed by atoms with Crippen LogP contribution in [0.1, 0.15) is 13.8 Å². The van der Waals surface area contributed by atoms with Crippen molar-refractivity contribution in [1.29, 1.82) is 5.26 Å². The van der Waals surface area contributed by atoms with Gasteiger partial charge in [0.05, 0.1) is 25.9 Å². The van der Waals surface area contributed by atoms with Crippen LogP contribution in [-0.4, -0.2) is 39.0 Å². The molecule has 0 aromatic carbocycles. The highest BCUT2D eigenvalue weighted by Gasteiger charge is 2.20. The van der Waals surface area contributed by atoms with E-state index < -0.39 is 5.54 Å². The van der Waals surface area contributed by atoms with Gasteiger partial charge < -0.3 is 14.8 Å². The minimum Gasteiger partial charge on any atom is -0.379 e. The van der Waals surface area contributed by atoms with E-state index in [4.69, 9.17) is 14.7 Å². The molecule has 0 spiro atoms. The molecule has 0 aromatic heterocycles. The molecule has 0 saturated heterocycles. The van der Waals surface area contributed by atoms with Crippen molar-refractivity contribution in [3.05, 3.63) is 0 Å². The van der Waals surface area contributed by atoms with Gasteiger partial charge in [0.2, 0.25) is 0 Å². The summed E-state index contributed by atoms with van der Waals surface area (Å²) in [7, 11) is 1.75. The maximum Gasteiger partial charge on any atom is 0.127 e. The summed E-state index contributed by atoms with van der Waals surface area (Å²) in [6, 6.07) is 2.14. The number of nitriles is 1. The second-order valence-corrected chi connectivity index (χ2v) is 2.94. The van der Waals surface area contributed by atoms with Crippen LogP contribution in [0, 0.1) is 11.3 Å². The Bertz CT molecular complexity index is 167. The first-order valence-corrected chi connectivity index (χ1v) is 4.44. The molecule has 4 nitrogen and oxygen atoms in total. The summed E-state index contributed by atoms with van der Waals surface area (Å²) in [5, 5.41) is 11.7. The molecule has 0 radical (unpaired) electrons.